The Morgan fingerprint density at radius 1 is 1.07 bits per heavy atom. The molecule has 0 amide bonds. The van der Waals surface area contributed by atoms with Crippen LogP contribution in [0.5, 0.6) is 0 Å². The van der Waals surface area contributed by atoms with Crippen LogP contribution in [0.15, 0.2) is 40.9 Å². The molecule has 0 N–H and O–H groups in total. The van der Waals surface area contributed by atoms with Gasteiger partial charge in [-0.15, -0.1) is 0 Å². The van der Waals surface area contributed by atoms with Gasteiger partial charge >= 0.3 is 0 Å². The zero-order valence-electron chi connectivity index (χ0n) is 15.6. The molecule has 0 aromatic heterocycles. The van der Waals surface area contributed by atoms with Crippen LogP contribution in [-0.4, -0.2) is 5.16 Å². The first-order chi connectivity index (χ1) is 13.5. The van der Waals surface area contributed by atoms with Gasteiger partial charge in [0, 0.05) is 11.1 Å². The van der Waals surface area contributed by atoms with Gasteiger partial charge in [-0.2, -0.15) is 4.99 Å². The lowest BCUT2D eigenvalue weighted by molar-refractivity contribution is 0.587. The molecular weight excluding hydrogens is 372 g/mol. The SMILES string of the molecule is CC1CC1CC1=Cc2ccc(C#Cc3cc(F)c(N=C=S)c(F)c3)cc2CC1. The molecule has 2 atom stereocenters. The van der Waals surface area contributed by atoms with Crippen LogP contribution in [0.4, 0.5) is 14.5 Å². The zero-order chi connectivity index (χ0) is 19.7. The quantitative estimate of drug-likeness (QED) is 0.332. The summed E-state index contributed by atoms with van der Waals surface area (Å²) in [5.74, 6) is 6.00. The molecule has 2 aliphatic carbocycles. The number of thiocarbonyl (C=S) groups is 1. The average Bonchev–Trinajstić information content (AvgIpc) is 3.37. The minimum absolute atomic E-state index is 0.261. The predicted molar refractivity (Wildman–Crippen MR) is 112 cm³/mol. The molecule has 2 aliphatic rings. The highest BCUT2D eigenvalue weighted by Crippen LogP contribution is 2.44. The molecule has 1 fully saturated rings. The Labute approximate surface area is 169 Å². The molecule has 28 heavy (non-hydrogen) atoms. The van der Waals surface area contributed by atoms with E-state index in [0.29, 0.717) is 0 Å². The highest BCUT2D eigenvalue weighted by atomic mass is 32.1. The second-order valence-corrected chi connectivity index (χ2v) is 7.82. The van der Waals surface area contributed by atoms with E-state index in [0.717, 1.165) is 42.4 Å². The fraction of sp³-hybridized carbons (Fsp3) is 0.292. The second kappa shape index (κ2) is 7.80. The first-order valence-electron chi connectivity index (χ1n) is 9.45. The van der Waals surface area contributed by atoms with Crippen LogP contribution in [-0.2, 0) is 6.42 Å². The summed E-state index contributed by atoms with van der Waals surface area (Å²) in [4.78, 5) is 3.41. The number of aliphatic imine (C=N–C) groups is 1. The highest BCUT2D eigenvalue weighted by molar-refractivity contribution is 7.78. The number of hydrogen-bond donors (Lipinski definition) is 0. The summed E-state index contributed by atoms with van der Waals surface area (Å²) < 4.78 is 27.8. The molecule has 0 saturated heterocycles. The standard InChI is InChI=1S/C24H19F2NS/c1-15-8-21(15)11-17-5-7-19-9-16(4-6-20(19)10-17)2-3-18-12-22(25)24(27-14-28)23(26)13-18/h4,6,9-10,12-13,15,21H,5,7-8,11H2,1H3. The Bertz CT molecular complexity index is 1060. The van der Waals surface area contributed by atoms with Gasteiger partial charge in [0.1, 0.15) is 5.69 Å². The summed E-state index contributed by atoms with van der Waals surface area (Å²) in [6, 6.07) is 8.45. The van der Waals surface area contributed by atoms with Gasteiger partial charge in [0.2, 0.25) is 0 Å². The maximum atomic E-state index is 13.9. The van der Waals surface area contributed by atoms with E-state index in [9.17, 15) is 8.78 Å². The lowest BCUT2D eigenvalue weighted by atomic mass is 9.88. The summed E-state index contributed by atoms with van der Waals surface area (Å²) in [6.45, 7) is 2.32. The number of halogens is 2. The van der Waals surface area contributed by atoms with Crippen LogP contribution < -0.4 is 0 Å². The minimum Gasteiger partial charge on any atom is -0.204 e. The topological polar surface area (TPSA) is 12.4 Å². The van der Waals surface area contributed by atoms with Gasteiger partial charge < -0.3 is 0 Å². The van der Waals surface area contributed by atoms with Crippen LogP contribution in [0.1, 0.15) is 48.4 Å². The molecule has 2 unspecified atom stereocenters. The number of fused-ring (bicyclic) bond motifs is 1. The van der Waals surface area contributed by atoms with Gasteiger partial charge in [-0.05, 0) is 85.1 Å². The number of isothiocyanates is 1. The first-order valence-corrected chi connectivity index (χ1v) is 9.85. The van der Waals surface area contributed by atoms with Crippen molar-refractivity contribution in [2.75, 3.05) is 0 Å². The highest BCUT2D eigenvalue weighted by Gasteiger charge is 2.33. The summed E-state index contributed by atoms with van der Waals surface area (Å²) >= 11 is 4.40. The molecule has 0 bridgehead atoms. The molecule has 2 aromatic carbocycles. The van der Waals surface area contributed by atoms with Crippen molar-refractivity contribution in [3.05, 3.63) is 69.8 Å². The Kier molecular flexibility index (Phi) is 5.22. The summed E-state index contributed by atoms with van der Waals surface area (Å²) in [5.41, 5.74) is 4.76. The molecule has 1 nitrogen and oxygen atoms in total. The fourth-order valence-electron chi connectivity index (χ4n) is 3.74. The third-order valence-corrected chi connectivity index (χ3v) is 5.64. The molecule has 0 spiro atoms. The number of rotatable bonds is 3. The van der Waals surface area contributed by atoms with E-state index in [1.165, 1.54) is 24.0 Å². The van der Waals surface area contributed by atoms with Gasteiger partial charge in [0.25, 0.3) is 0 Å². The Morgan fingerprint density at radius 3 is 2.46 bits per heavy atom. The van der Waals surface area contributed by atoms with Crippen molar-refractivity contribution >= 4 is 29.1 Å². The van der Waals surface area contributed by atoms with E-state index in [1.807, 2.05) is 11.2 Å². The van der Waals surface area contributed by atoms with E-state index >= 15 is 0 Å². The number of allylic oxidation sites excluding steroid dienone is 1. The summed E-state index contributed by atoms with van der Waals surface area (Å²) in [6.07, 6.45) is 7.03. The number of benzene rings is 2. The smallest absolute Gasteiger partial charge is 0.153 e. The molecule has 2 aromatic rings. The predicted octanol–water partition coefficient (Wildman–Crippen LogP) is 6.47. The second-order valence-electron chi connectivity index (χ2n) is 7.63. The van der Waals surface area contributed by atoms with Crippen molar-refractivity contribution in [3.8, 4) is 11.8 Å². The lowest BCUT2D eigenvalue weighted by Crippen LogP contribution is -2.01. The van der Waals surface area contributed by atoms with Gasteiger partial charge in [-0.1, -0.05) is 36.5 Å². The summed E-state index contributed by atoms with van der Waals surface area (Å²) in [7, 11) is 0. The summed E-state index contributed by atoms with van der Waals surface area (Å²) in [5, 5.41) is 1.98. The molecule has 0 heterocycles. The molecule has 140 valence electrons. The molecule has 4 heteroatoms. The number of aryl methyl sites for hydroxylation is 1. The van der Waals surface area contributed by atoms with E-state index in [-0.39, 0.29) is 5.56 Å². The van der Waals surface area contributed by atoms with E-state index < -0.39 is 17.3 Å². The van der Waals surface area contributed by atoms with Crippen LogP contribution in [0.3, 0.4) is 0 Å². The van der Waals surface area contributed by atoms with Crippen molar-refractivity contribution in [1.82, 2.24) is 0 Å². The van der Waals surface area contributed by atoms with Crippen molar-refractivity contribution in [2.24, 2.45) is 16.8 Å². The van der Waals surface area contributed by atoms with Gasteiger partial charge in [-0.3, -0.25) is 0 Å². The van der Waals surface area contributed by atoms with Gasteiger partial charge in [0.05, 0.1) is 5.16 Å². The Hall–Kier alpha value is -2.60. The van der Waals surface area contributed by atoms with Crippen LogP contribution in [0.25, 0.3) is 6.08 Å². The van der Waals surface area contributed by atoms with Crippen molar-refractivity contribution in [1.29, 1.82) is 0 Å². The van der Waals surface area contributed by atoms with Crippen molar-refractivity contribution in [3.63, 3.8) is 0 Å². The van der Waals surface area contributed by atoms with Crippen LogP contribution in [0, 0.1) is 35.3 Å². The van der Waals surface area contributed by atoms with E-state index in [2.05, 4.69) is 54.2 Å². The van der Waals surface area contributed by atoms with Gasteiger partial charge in [0.15, 0.2) is 11.6 Å². The van der Waals surface area contributed by atoms with E-state index in [4.69, 9.17) is 0 Å². The van der Waals surface area contributed by atoms with Crippen molar-refractivity contribution in [2.45, 2.75) is 32.6 Å². The maximum absolute atomic E-state index is 13.9. The third-order valence-electron chi connectivity index (χ3n) is 5.54. The first kappa shape index (κ1) is 18.7. The largest absolute Gasteiger partial charge is 0.204 e. The Balaban J connectivity index is 1.54. The average molecular weight is 391 g/mol. The van der Waals surface area contributed by atoms with Gasteiger partial charge in [-0.25, -0.2) is 8.78 Å². The molecule has 4 rings (SSSR count). The Morgan fingerprint density at radius 2 is 1.79 bits per heavy atom. The maximum Gasteiger partial charge on any atom is 0.153 e. The normalized spacial score (nSPS) is 19.6. The fourth-order valence-corrected chi connectivity index (χ4v) is 3.84. The monoisotopic (exact) mass is 391 g/mol. The molecule has 0 aliphatic heterocycles. The molecule has 1 saturated carbocycles. The minimum atomic E-state index is -0.797. The molecule has 0 radical (unpaired) electrons. The van der Waals surface area contributed by atoms with Crippen molar-refractivity contribution < 1.29 is 8.78 Å². The molecular formula is C24H19F2NS. The van der Waals surface area contributed by atoms with E-state index in [1.54, 1.807) is 5.57 Å². The number of nitrogens with zero attached hydrogens (tertiary/aromatic N) is 1. The zero-order valence-corrected chi connectivity index (χ0v) is 16.4. The van der Waals surface area contributed by atoms with Crippen LogP contribution in [0.2, 0.25) is 0 Å². The van der Waals surface area contributed by atoms with Crippen LogP contribution >= 0.6 is 12.2 Å². The number of hydrogen-bond acceptors (Lipinski definition) is 2. The third kappa shape index (κ3) is 4.12. The lowest BCUT2D eigenvalue weighted by Gasteiger charge is -2.17.